The molecule has 0 aliphatic carbocycles. The van der Waals surface area contributed by atoms with Crippen LogP contribution in [0.4, 0.5) is 0 Å². The van der Waals surface area contributed by atoms with E-state index in [1.807, 2.05) is 36.1 Å². The minimum absolute atomic E-state index is 0.0997. The zero-order chi connectivity index (χ0) is 20.6. The molecule has 0 saturated carbocycles. The van der Waals surface area contributed by atoms with Gasteiger partial charge in [-0.15, -0.1) is 0 Å². The summed E-state index contributed by atoms with van der Waals surface area (Å²) in [7, 11) is 0. The van der Waals surface area contributed by atoms with Gasteiger partial charge in [0.15, 0.2) is 0 Å². The molecule has 0 bridgehead atoms. The summed E-state index contributed by atoms with van der Waals surface area (Å²) in [6.45, 7) is 7.59. The van der Waals surface area contributed by atoms with Gasteiger partial charge in [0.1, 0.15) is 0 Å². The molecule has 1 aromatic carbocycles. The second-order valence-electron chi connectivity index (χ2n) is 7.89. The molecule has 4 nitrogen and oxygen atoms in total. The van der Waals surface area contributed by atoms with E-state index in [-0.39, 0.29) is 11.8 Å². The third-order valence-electron chi connectivity index (χ3n) is 5.68. The van der Waals surface area contributed by atoms with Crippen molar-refractivity contribution in [2.75, 3.05) is 6.54 Å². The maximum Gasteiger partial charge on any atom is 0.226 e. The van der Waals surface area contributed by atoms with E-state index in [1.165, 1.54) is 10.9 Å². The van der Waals surface area contributed by atoms with Gasteiger partial charge in [-0.1, -0.05) is 51.0 Å². The van der Waals surface area contributed by atoms with Crippen LogP contribution >= 0.6 is 0 Å². The molecule has 0 fully saturated rings. The Kier molecular flexibility index (Phi) is 7.45. The van der Waals surface area contributed by atoms with Crippen molar-refractivity contribution in [3.05, 3.63) is 65.6 Å². The van der Waals surface area contributed by atoms with E-state index >= 15 is 0 Å². The number of aromatic nitrogens is 2. The third kappa shape index (κ3) is 5.47. The van der Waals surface area contributed by atoms with Crippen molar-refractivity contribution in [2.45, 2.75) is 59.4 Å². The number of nitrogens with one attached hydrogen (secondary N) is 1. The molecular weight excluding hydrogens is 358 g/mol. The minimum Gasteiger partial charge on any atom is -0.361 e. The molecule has 1 N–H and O–H groups in total. The van der Waals surface area contributed by atoms with Gasteiger partial charge in [0.05, 0.1) is 12.2 Å². The standard InChI is InChI=1S/C25H33N3O/c1-4-6-11-20(5-2)25(29)28(18-22-12-9-10-19(3)27-22)16-15-21-17-26-24-14-8-7-13-23(21)24/h7-10,12-14,17,20,26H,4-6,11,15-16,18H2,1-3H3. The van der Waals surface area contributed by atoms with Crippen molar-refractivity contribution < 1.29 is 4.79 Å². The Labute approximate surface area is 174 Å². The van der Waals surface area contributed by atoms with E-state index in [0.717, 1.165) is 49.0 Å². The van der Waals surface area contributed by atoms with Crippen LogP contribution in [0.3, 0.4) is 0 Å². The number of benzene rings is 1. The van der Waals surface area contributed by atoms with Crippen LogP contribution in [0.2, 0.25) is 0 Å². The Morgan fingerprint density at radius 2 is 1.97 bits per heavy atom. The minimum atomic E-state index is 0.0997. The van der Waals surface area contributed by atoms with Gasteiger partial charge in [0, 0.05) is 35.3 Å². The zero-order valence-corrected chi connectivity index (χ0v) is 17.9. The van der Waals surface area contributed by atoms with Crippen molar-refractivity contribution in [3.63, 3.8) is 0 Å². The van der Waals surface area contributed by atoms with Gasteiger partial charge in [-0.25, -0.2) is 0 Å². The van der Waals surface area contributed by atoms with Gasteiger partial charge < -0.3 is 9.88 Å². The third-order valence-corrected chi connectivity index (χ3v) is 5.68. The number of carbonyl (C=O) groups excluding carboxylic acids is 1. The summed E-state index contributed by atoms with van der Waals surface area (Å²) in [5, 5.41) is 1.24. The summed E-state index contributed by atoms with van der Waals surface area (Å²) in [4.78, 5) is 23.4. The molecule has 2 aromatic heterocycles. The number of hydrogen-bond acceptors (Lipinski definition) is 2. The average molecular weight is 392 g/mol. The van der Waals surface area contributed by atoms with Crippen LogP contribution in [-0.4, -0.2) is 27.3 Å². The maximum atomic E-state index is 13.4. The van der Waals surface area contributed by atoms with Crippen LogP contribution in [-0.2, 0) is 17.8 Å². The van der Waals surface area contributed by atoms with Crippen molar-refractivity contribution >= 4 is 16.8 Å². The fourth-order valence-corrected chi connectivity index (χ4v) is 3.96. The summed E-state index contributed by atoms with van der Waals surface area (Å²) in [5.74, 6) is 0.367. The highest BCUT2D eigenvalue weighted by atomic mass is 16.2. The summed E-state index contributed by atoms with van der Waals surface area (Å²) in [6, 6.07) is 14.4. The van der Waals surface area contributed by atoms with Crippen LogP contribution in [0.25, 0.3) is 10.9 Å². The zero-order valence-electron chi connectivity index (χ0n) is 17.9. The number of H-pyrrole nitrogens is 1. The quantitative estimate of drug-likeness (QED) is 0.485. The number of carbonyl (C=O) groups is 1. The van der Waals surface area contributed by atoms with E-state index in [2.05, 4.69) is 48.2 Å². The number of nitrogens with zero attached hydrogens (tertiary/aromatic N) is 2. The largest absolute Gasteiger partial charge is 0.361 e. The number of para-hydroxylation sites is 1. The monoisotopic (exact) mass is 391 g/mol. The molecule has 0 aliphatic rings. The normalized spacial score (nSPS) is 12.2. The number of aryl methyl sites for hydroxylation is 1. The van der Waals surface area contributed by atoms with E-state index in [0.29, 0.717) is 13.1 Å². The van der Waals surface area contributed by atoms with Crippen molar-refractivity contribution in [1.82, 2.24) is 14.9 Å². The first kappa shape index (κ1) is 21.1. The van der Waals surface area contributed by atoms with Gasteiger partial charge in [-0.2, -0.15) is 0 Å². The summed E-state index contributed by atoms with van der Waals surface area (Å²) < 4.78 is 0. The van der Waals surface area contributed by atoms with Gasteiger partial charge in [-0.3, -0.25) is 9.78 Å². The predicted molar refractivity (Wildman–Crippen MR) is 120 cm³/mol. The van der Waals surface area contributed by atoms with Crippen molar-refractivity contribution in [1.29, 1.82) is 0 Å². The lowest BCUT2D eigenvalue weighted by Gasteiger charge is -2.27. The number of fused-ring (bicyclic) bond motifs is 1. The SMILES string of the molecule is CCCCC(CC)C(=O)N(CCc1c[nH]c2ccccc12)Cc1cccc(C)n1. The van der Waals surface area contributed by atoms with E-state index in [1.54, 1.807) is 0 Å². The molecular formula is C25H33N3O. The molecule has 154 valence electrons. The highest BCUT2D eigenvalue weighted by Crippen LogP contribution is 2.21. The lowest BCUT2D eigenvalue weighted by atomic mass is 9.97. The number of amides is 1. The lowest BCUT2D eigenvalue weighted by molar-refractivity contribution is -0.136. The molecule has 3 aromatic rings. The first-order valence-corrected chi connectivity index (χ1v) is 10.9. The molecule has 0 radical (unpaired) electrons. The molecule has 4 heteroatoms. The highest BCUT2D eigenvalue weighted by Gasteiger charge is 2.23. The number of rotatable bonds is 10. The first-order valence-electron chi connectivity index (χ1n) is 10.9. The van der Waals surface area contributed by atoms with Gasteiger partial charge in [-0.05, 0) is 49.9 Å². The Hall–Kier alpha value is -2.62. The Morgan fingerprint density at radius 3 is 2.72 bits per heavy atom. The molecule has 0 saturated heterocycles. The van der Waals surface area contributed by atoms with Crippen LogP contribution < -0.4 is 0 Å². The van der Waals surface area contributed by atoms with E-state index in [9.17, 15) is 4.79 Å². The molecule has 2 heterocycles. The molecule has 29 heavy (non-hydrogen) atoms. The topological polar surface area (TPSA) is 49.0 Å². The molecule has 1 unspecified atom stereocenters. The average Bonchev–Trinajstić information content (AvgIpc) is 3.14. The van der Waals surface area contributed by atoms with Gasteiger partial charge in [0.25, 0.3) is 0 Å². The fraction of sp³-hybridized carbons (Fsp3) is 0.440. The van der Waals surface area contributed by atoms with Crippen LogP contribution in [0.1, 0.15) is 56.5 Å². The molecule has 1 amide bonds. The smallest absolute Gasteiger partial charge is 0.226 e. The predicted octanol–water partition coefficient (Wildman–Crippen LogP) is 5.66. The van der Waals surface area contributed by atoms with Crippen LogP contribution in [0.15, 0.2) is 48.7 Å². The second-order valence-corrected chi connectivity index (χ2v) is 7.89. The van der Waals surface area contributed by atoms with Crippen LogP contribution in [0.5, 0.6) is 0 Å². The van der Waals surface area contributed by atoms with Crippen molar-refractivity contribution in [2.24, 2.45) is 5.92 Å². The Bertz CT molecular complexity index is 930. The van der Waals surface area contributed by atoms with Gasteiger partial charge >= 0.3 is 0 Å². The summed E-state index contributed by atoms with van der Waals surface area (Å²) in [6.07, 6.45) is 7.00. The molecule has 3 rings (SSSR count). The number of aromatic amines is 1. The first-order chi connectivity index (χ1) is 14.1. The fourth-order valence-electron chi connectivity index (χ4n) is 3.96. The maximum absolute atomic E-state index is 13.4. The highest BCUT2D eigenvalue weighted by molar-refractivity contribution is 5.83. The van der Waals surface area contributed by atoms with E-state index < -0.39 is 0 Å². The Balaban J connectivity index is 1.78. The molecule has 0 spiro atoms. The van der Waals surface area contributed by atoms with Crippen LogP contribution in [0, 0.1) is 12.8 Å². The number of pyridine rings is 1. The van der Waals surface area contributed by atoms with Gasteiger partial charge in [0.2, 0.25) is 5.91 Å². The molecule has 1 atom stereocenters. The number of hydrogen-bond donors (Lipinski definition) is 1. The summed E-state index contributed by atoms with van der Waals surface area (Å²) in [5.41, 5.74) is 4.36. The van der Waals surface area contributed by atoms with Crippen molar-refractivity contribution in [3.8, 4) is 0 Å². The van der Waals surface area contributed by atoms with E-state index in [4.69, 9.17) is 0 Å². The molecule has 0 aliphatic heterocycles. The number of unbranched alkanes of at least 4 members (excludes halogenated alkanes) is 1. The Morgan fingerprint density at radius 1 is 1.14 bits per heavy atom. The summed E-state index contributed by atoms with van der Waals surface area (Å²) >= 11 is 0. The lowest BCUT2D eigenvalue weighted by Crippen LogP contribution is -2.37. The second kappa shape index (κ2) is 10.2.